The molecular weight excluding hydrogens is 456 g/mol. The van der Waals surface area contributed by atoms with E-state index in [-0.39, 0.29) is 12.3 Å². The van der Waals surface area contributed by atoms with Gasteiger partial charge < -0.3 is 9.57 Å². The molecule has 8 heteroatoms. The summed E-state index contributed by atoms with van der Waals surface area (Å²) in [4.78, 5) is 15.5. The summed E-state index contributed by atoms with van der Waals surface area (Å²) in [6, 6.07) is 9.90. The number of oxime groups is 1. The Kier molecular flexibility index (Phi) is 7.15. The van der Waals surface area contributed by atoms with Crippen molar-refractivity contribution in [3.8, 4) is 5.75 Å². The Labute approximate surface area is 161 Å². The SMILES string of the molecule is C=CCOc1c(Br)cc(/C=N/OCc2cccc([N+](=O)[O-])c2)cc1Br. The van der Waals surface area contributed by atoms with Crippen molar-refractivity contribution in [2.45, 2.75) is 6.61 Å². The molecule has 6 nitrogen and oxygen atoms in total. The third-order valence-electron chi connectivity index (χ3n) is 3.00. The predicted molar refractivity (Wildman–Crippen MR) is 103 cm³/mol. The molecule has 25 heavy (non-hydrogen) atoms. The lowest BCUT2D eigenvalue weighted by molar-refractivity contribution is -0.384. The fourth-order valence-electron chi connectivity index (χ4n) is 1.90. The molecule has 0 atom stereocenters. The highest BCUT2D eigenvalue weighted by atomic mass is 79.9. The van der Waals surface area contributed by atoms with Gasteiger partial charge in [0.2, 0.25) is 0 Å². The minimum absolute atomic E-state index is 0.0213. The number of hydrogen-bond donors (Lipinski definition) is 0. The first-order valence-electron chi connectivity index (χ1n) is 7.12. The van der Waals surface area contributed by atoms with Crippen molar-refractivity contribution in [1.82, 2.24) is 0 Å². The summed E-state index contributed by atoms with van der Waals surface area (Å²) in [6.07, 6.45) is 3.21. The van der Waals surface area contributed by atoms with Gasteiger partial charge in [0.15, 0.2) is 0 Å². The molecule has 0 aliphatic carbocycles. The molecule has 0 aromatic heterocycles. The Balaban J connectivity index is 1.99. The molecule has 2 rings (SSSR count). The van der Waals surface area contributed by atoms with Gasteiger partial charge in [-0.15, -0.1) is 0 Å². The molecule has 0 bridgehead atoms. The number of nitro groups is 1. The molecule has 0 fully saturated rings. The van der Waals surface area contributed by atoms with E-state index in [4.69, 9.17) is 9.57 Å². The molecule has 2 aromatic rings. The number of non-ortho nitro benzene ring substituents is 1. The highest BCUT2D eigenvalue weighted by molar-refractivity contribution is 9.11. The second-order valence-corrected chi connectivity index (χ2v) is 6.56. The summed E-state index contributed by atoms with van der Waals surface area (Å²) in [5.41, 5.74) is 1.48. The number of nitrogens with zero attached hydrogens (tertiary/aromatic N) is 2. The van der Waals surface area contributed by atoms with Crippen molar-refractivity contribution < 1.29 is 14.5 Å². The van der Waals surface area contributed by atoms with E-state index >= 15 is 0 Å². The lowest BCUT2D eigenvalue weighted by atomic mass is 10.2. The van der Waals surface area contributed by atoms with Crippen LogP contribution in [0.4, 0.5) is 5.69 Å². The number of hydrogen-bond acceptors (Lipinski definition) is 5. The molecule has 0 amide bonds. The van der Waals surface area contributed by atoms with E-state index in [0.29, 0.717) is 17.9 Å². The van der Waals surface area contributed by atoms with Crippen LogP contribution in [0.15, 0.2) is 63.2 Å². The zero-order valence-electron chi connectivity index (χ0n) is 13.0. The molecule has 0 radical (unpaired) electrons. The van der Waals surface area contributed by atoms with Gasteiger partial charge in [-0.2, -0.15) is 0 Å². The highest BCUT2D eigenvalue weighted by Gasteiger charge is 2.08. The van der Waals surface area contributed by atoms with Crippen LogP contribution in [0.5, 0.6) is 5.75 Å². The molecule has 0 saturated carbocycles. The minimum atomic E-state index is -0.447. The van der Waals surface area contributed by atoms with Crippen molar-refractivity contribution in [1.29, 1.82) is 0 Å². The van der Waals surface area contributed by atoms with E-state index in [1.165, 1.54) is 12.1 Å². The third kappa shape index (κ3) is 5.68. The average molecular weight is 470 g/mol. The van der Waals surface area contributed by atoms with Crippen molar-refractivity contribution in [2.75, 3.05) is 6.61 Å². The Morgan fingerprint density at radius 1 is 1.24 bits per heavy atom. The van der Waals surface area contributed by atoms with E-state index < -0.39 is 4.92 Å². The van der Waals surface area contributed by atoms with Gasteiger partial charge in [0.1, 0.15) is 19.0 Å². The van der Waals surface area contributed by atoms with Crippen LogP contribution in [-0.2, 0) is 11.4 Å². The van der Waals surface area contributed by atoms with E-state index in [1.54, 1.807) is 24.4 Å². The Morgan fingerprint density at radius 3 is 2.60 bits per heavy atom. The average Bonchev–Trinajstić information content (AvgIpc) is 2.58. The topological polar surface area (TPSA) is 74.0 Å². The number of ether oxygens (including phenoxy) is 1. The molecule has 0 heterocycles. The van der Waals surface area contributed by atoms with Crippen LogP contribution in [0.3, 0.4) is 0 Å². The molecular formula is C17H14Br2N2O4. The van der Waals surface area contributed by atoms with Gasteiger partial charge >= 0.3 is 0 Å². The molecule has 0 aliphatic rings. The number of rotatable bonds is 8. The largest absolute Gasteiger partial charge is 0.487 e. The monoisotopic (exact) mass is 468 g/mol. The maximum atomic E-state index is 10.7. The van der Waals surface area contributed by atoms with Gasteiger partial charge in [0, 0.05) is 12.1 Å². The van der Waals surface area contributed by atoms with Crippen LogP contribution >= 0.6 is 31.9 Å². The standard InChI is InChI=1S/C17H14Br2N2O4/c1-2-6-24-17-15(18)8-13(9-16(17)19)10-20-25-11-12-4-3-5-14(7-12)21(22)23/h2-5,7-10H,1,6,11H2/b20-10+. The van der Waals surface area contributed by atoms with Crippen molar-refractivity contribution in [2.24, 2.45) is 5.16 Å². The van der Waals surface area contributed by atoms with Crippen molar-refractivity contribution in [3.05, 3.63) is 79.2 Å². The second-order valence-electron chi connectivity index (χ2n) is 4.85. The van der Waals surface area contributed by atoms with E-state index in [1.807, 2.05) is 12.1 Å². The molecule has 2 aromatic carbocycles. The number of nitro benzene ring substituents is 1. The van der Waals surface area contributed by atoms with Crippen LogP contribution < -0.4 is 4.74 Å². The Bertz CT molecular complexity index is 786. The van der Waals surface area contributed by atoms with Crippen molar-refractivity contribution in [3.63, 3.8) is 0 Å². The first kappa shape index (κ1) is 19.1. The van der Waals surface area contributed by atoms with Gasteiger partial charge in [-0.3, -0.25) is 10.1 Å². The fraction of sp³-hybridized carbons (Fsp3) is 0.118. The molecule has 0 N–H and O–H groups in total. The van der Waals surface area contributed by atoms with Crippen molar-refractivity contribution >= 4 is 43.8 Å². The summed E-state index contributed by atoms with van der Waals surface area (Å²) in [5.74, 6) is 0.676. The third-order valence-corrected chi connectivity index (χ3v) is 4.17. The predicted octanol–water partition coefficient (Wildman–Crippen LogP) is 5.24. The first-order valence-corrected chi connectivity index (χ1v) is 8.71. The Hall–Kier alpha value is -2.19. The number of halogens is 2. The molecule has 130 valence electrons. The van der Waals surface area contributed by atoms with Gasteiger partial charge in [-0.1, -0.05) is 29.9 Å². The summed E-state index contributed by atoms with van der Waals surface area (Å²) in [7, 11) is 0. The van der Waals surface area contributed by atoms with Crippen LogP contribution in [0, 0.1) is 10.1 Å². The lowest BCUT2D eigenvalue weighted by Gasteiger charge is -2.09. The maximum Gasteiger partial charge on any atom is 0.269 e. The summed E-state index contributed by atoms with van der Waals surface area (Å²) < 4.78 is 7.08. The van der Waals surface area contributed by atoms with Gasteiger partial charge in [0.05, 0.1) is 20.1 Å². The Morgan fingerprint density at radius 2 is 1.96 bits per heavy atom. The van der Waals surface area contributed by atoms with Crippen LogP contribution in [0.1, 0.15) is 11.1 Å². The van der Waals surface area contributed by atoms with Gasteiger partial charge in [-0.05, 0) is 55.1 Å². The molecule has 0 spiro atoms. The molecule has 0 aliphatic heterocycles. The first-order chi connectivity index (χ1) is 12.0. The second kappa shape index (κ2) is 9.33. The normalized spacial score (nSPS) is 10.6. The zero-order valence-corrected chi connectivity index (χ0v) is 16.2. The van der Waals surface area contributed by atoms with E-state index in [0.717, 1.165) is 14.5 Å². The van der Waals surface area contributed by atoms with E-state index in [2.05, 4.69) is 43.6 Å². The summed E-state index contributed by atoms with van der Waals surface area (Å²) in [6.45, 7) is 4.15. The van der Waals surface area contributed by atoms with Gasteiger partial charge in [0.25, 0.3) is 5.69 Å². The lowest BCUT2D eigenvalue weighted by Crippen LogP contribution is -1.96. The number of benzene rings is 2. The van der Waals surface area contributed by atoms with Crippen LogP contribution in [0.25, 0.3) is 0 Å². The highest BCUT2D eigenvalue weighted by Crippen LogP contribution is 2.34. The minimum Gasteiger partial charge on any atom is -0.487 e. The van der Waals surface area contributed by atoms with Crippen LogP contribution in [0.2, 0.25) is 0 Å². The smallest absolute Gasteiger partial charge is 0.269 e. The molecule has 0 saturated heterocycles. The van der Waals surface area contributed by atoms with Crippen LogP contribution in [-0.4, -0.2) is 17.7 Å². The zero-order chi connectivity index (χ0) is 18.2. The fourth-order valence-corrected chi connectivity index (χ4v) is 3.35. The molecule has 0 unspecified atom stereocenters. The summed E-state index contributed by atoms with van der Waals surface area (Å²) >= 11 is 6.88. The summed E-state index contributed by atoms with van der Waals surface area (Å²) in [5, 5.41) is 14.6. The quantitative estimate of drug-likeness (QED) is 0.229. The van der Waals surface area contributed by atoms with E-state index in [9.17, 15) is 10.1 Å². The van der Waals surface area contributed by atoms with Gasteiger partial charge in [-0.25, -0.2) is 0 Å². The maximum absolute atomic E-state index is 10.7.